The number of carbonyl (C=O) groups excluding carboxylic acids is 2. The topological polar surface area (TPSA) is 76.7 Å². The number of methoxy groups -OCH3 is 1. The van der Waals surface area contributed by atoms with E-state index in [0.29, 0.717) is 51.0 Å². The Bertz CT molecular complexity index is 1320. The number of unbranched alkanes of at least 4 members (excludes halogenated alkanes) is 3. The van der Waals surface area contributed by atoms with E-state index in [-0.39, 0.29) is 13.0 Å². The van der Waals surface area contributed by atoms with Crippen LogP contribution in [-0.4, -0.2) is 25.4 Å². The van der Waals surface area contributed by atoms with Gasteiger partial charge in [-0.15, -0.1) is 0 Å². The molecule has 3 aromatic carbocycles. The molecule has 3 rings (SSSR count). The van der Waals surface area contributed by atoms with E-state index in [1.54, 1.807) is 43.5 Å². The Hall–Kier alpha value is -3.48. The molecule has 0 fully saturated rings. The van der Waals surface area contributed by atoms with Crippen molar-refractivity contribution in [3.63, 3.8) is 0 Å². The van der Waals surface area contributed by atoms with Gasteiger partial charge in [-0.1, -0.05) is 79.5 Å². The Labute approximate surface area is 253 Å². The monoisotopic (exact) mass is 596 g/mol. The molecule has 218 valence electrons. The maximum Gasteiger partial charge on any atom is 0.287 e. The summed E-state index contributed by atoms with van der Waals surface area (Å²) in [5.41, 5.74) is 2.63. The third-order valence-corrected chi connectivity index (χ3v) is 6.95. The van der Waals surface area contributed by atoms with Crippen molar-refractivity contribution >= 4 is 46.3 Å². The predicted molar refractivity (Wildman–Crippen MR) is 168 cm³/mol. The van der Waals surface area contributed by atoms with Crippen LogP contribution in [0.4, 0.5) is 11.4 Å². The molecular weight excluding hydrogens is 559 g/mol. The number of halogens is 2. The van der Waals surface area contributed by atoms with Crippen molar-refractivity contribution < 1.29 is 19.1 Å². The van der Waals surface area contributed by atoms with Crippen molar-refractivity contribution in [1.29, 1.82) is 0 Å². The Kier molecular flexibility index (Phi) is 13.1. The molecule has 0 aromatic heterocycles. The standard InChI is InChI=1S/C33H38Cl2N2O4/c1-23(2)12-7-5-4-6-10-19-41-30-18-17-24(20-31(30)40-3)22-36-33(39)29(38)21-25-13-8-9-16-28(25)37-32-26(34)14-11-15-27(32)35/h7-9,11-18,20,23,37H,4-6,10,19,21-22H2,1-3H3,(H,36,39)/b12-7+. The molecule has 41 heavy (non-hydrogen) atoms. The van der Waals surface area contributed by atoms with Crippen LogP contribution < -0.4 is 20.1 Å². The van der Waals surface area contributed by atoms with Gasteiger partial charge < -0.3 is 20.1 Å². The summed E-state index contributed by atoms with van der Waals surface area (Å²) < 4.78 is 11.4. The van der Waals surface area contributed by atoms with Crippen LogP contribution in [0.1, 0.15) is 50.7 Å². The zero-order valence-corrected chi connectivity index (χ0v) is 25.4. The number of ether oxygens (including phenoxy) is 2. The molecule has 0 saturated heterocycles. The van der Waals surface area contributed by atoms with Gasteiger partial charge in [0.1, 0.15) is 0 Å². The molecule has 0 aliphatic heterocycles. The number of hydrogen-bond donors (Lipinski definition) is 2. The van der Waals surface area contributed by atoms with Crippen LogP contribution in [0.2, 0.25) is 10.0 Å². The molecular formula is C33H38Cl2N2O4. The fourth-order valence-corrected chi connectivity index (χ4v) is 4.61. The molecule has 0 atom stereocenters. The number of amides is 1. The molecule has 0 aliphatic carbocycles. The zero-order valence-electron chi connectivity index (χ0n) is 23.8. The van der Waals surface area contributed by atoms with Crippen LogP contribution in [0.3, 0.4) is 0 Å². The van der Waals surface area contributed by atoms with Crippen molar-refractivity contribution in [2.45, 2.75) is 52.5 Å². The van der Waals surface area contributed by atoms with E-state index in [1.807, 2.05) is 24.3 Å². The fraction of sp³-hybridized carbons (Fsp3) is 0.333. The second-order valence-corrected chi connectivity index (χ2v) is 10.8. The number of benzene rings is 3. The minimum absolute atomic E-state index is 0.0822. The lowest BCUT2D eigenvalue weighted by Gasteiger charge is -2.14. The molecule has 3 aromatic rings. The molecule has 0 spiro atoms. The van der Waals surface area contributed by atoms with Gasteiger partial charge >= 0.3 is 0 Å². The largest absolute Gasteiger partial charge is 0.493 e. The maximum atomic E-state index is 12.8. The smallest absolute Gasteiger partial charge is 0.287 e. The Morgan fingerprint density at radius 3 is 2.41 bits per heavy atom. The summed E-state index contributed by atoms with van der Waals surface area (Å²) in [6.45, 7) is 5.14. The second kappa shape index (κ2) is 16.7. The summed E-state index contributed by atoms with van der Waals surface area (Å²) in [5, 5.41) is 6.80. The van der Waals surface area contributed by atoms with Gasteiger partial charge in [0.05, 0.1) is 29.4 Å². The highest BCUT2D eigenvalue weighted by atomic mass is 35.5. The lowest BCUT2D eigenvalue weighted by atomic mass is 10.1. The summed E-state index contributed by atoms with van der Waals surface area (Å²) in [5.74, 6) is 0.602. The van der Waals surface area contributed by atoms with E-state index in [4.69, 9.17) is 32.7 Å². The molecule has 0 saturated carbocycles. The summed E-state index contributed by atoms with van der Waals surface area (Å²) in [6, 6.07) is 17.9. The van der Waals surface area contributed by atoms with Gasteiger partial charge in [0, 0.05) is 18.7 Å². The fourth-order valence-electron chi connectivity index (χ4n) is 4.12. The SMILES string of the molecule is COc1cc(CNC(=O)C(=O)Cc2ccccc2Nc2c(Cl)cccc2Cl)ccc1OCCCCC/C=C/C(C)C. The quantitative estimate of drug-likeness (QED) is 0.0987. The minimum Gasteiger partial charge on any atom is -0.493 e. The van der Waals surface area contributed by atoms with Gasteiger partial charge in [-0.05, 0) is 73.1 Å². The highest BCUT2D eigenvalue weighted by Crippen LogP contribution is 2.34. The number of para-hydroxylation sites is 2. The van der Waals surface area contributed by atoms with Gasteiger partial charge in [0.25, 0.3) is 5.91 Å². The summed E-state index contributed by atoms with van der Waals surface area (Å²) in [6.07, 6.45) is 8.68. The Morgan fingerprint density at radius 1 is 0.927 bits per heavy atom. The third-order valence-electron chi connectivity index (χ3n) is 6.32. The molecule has 6 nitrogen and oxygen atoms in total. The maximum absolute atomic E-state index is 12.8. The highest BCUT2D eigenvalue weighted by molar-refractivity contribution is 6.39. The van der Waals surface area contributed by atoms with Crippen molar-refractivity contribution in [2.75, 3.05) is 19.0 Å². The van der Waals surface area contributed by atoms with E-state index in [1.165, 1.54) is 0 Å². The number of rotatable bonds is 16. The molecule has 0 unspecified atom stereocenters. The number of ketones is 1. The number of nitrogens with one attached hydrogen (secondary N) is 2. The number of allylic oxidation sites excluding steroid dienone is 2. The van der Waals surface area contributed by atoms with Gasteiger partial charge in [0.15, 0.2) is 11.5 Å². The first-order chi connectivity index (χ1) is 19.8. The average molecular weight is 598 g/mol. The number of carbonyl (C=O) groups is 2. The Morgan fingerprint density at radius 2 is 1.68 bits per heavy atom. The van der Waals surface area contributed by atoms with Crippen molar-refractivity contribution in [2.24, 2.45) is 5.92 Å². The third kappa shape index (κ3) is 10.5. The predicted octanol–water partition coefficient (Wildman–Crippen LogP) is 8.33. The van der Waals surface area contributed by atoms with Crippen molar-refractivity contribution in [3.05, 3.63) is 94.0 Å². The second-order valence-electron chi connectivity index (χ2n) is 10.0. The van der Waals surface area contributed by atoms with Gasteiger partial charge in [-0.2, -0.15) is 0 Å². The van der Waals surface area contributed by atoms with Crippen LogP contribution >= 0.6 is 23.2 Å². The van der Waals surface area contributed by atoms with Gasteiger partial charge in [-0.3, -0.25) is 9.59 Å². The molecule has 2 N–H and O–H groups in total. The van der Waals surface area contributed by atoms with Crippen LogP contribution in [0.5, 0.6) is 11.5 Å². The lowest BCUT2D eigenvalue weighted by Crippen LogP contribution is -2.31. The molecule has 0 radical (unpaired) electrons. The number of hydrogen-bond acceptors (Lipinski definition) is 5. The first kappa shape index (κ1) is 32.0. The van der Waals surface area contributed by atoms with Crippen molar-refractivity contribution in [3.8, 4) is 11.5 Å². The molecule has 0 aliphatic rings. The molecule has 1 amide bonds. The first-order valence-electron chi connectivity index (χ1n) is 13.8. The van der Waals surface area contributed by atoms with Gasteiger partial charge in [0.2, 0.25) is 5.78 Å². The van der Waals surface area contributed by atoms with E-state index < -0.39 is 11.7 Å². The van der Waals surface area contributed by atoms with Crippen LogP contribution in [0.25, 0.3) is 0 Å². The van der Waals surface area contributed by atoms with Gasteiger partial charge in [-0.25, -0.2) is 0 Å². The lowest BCUT2D eigenvalue weighted by molar-refractivity contribution is -0.137. The van der Waals surface area contributed by atoms with Crippen LogP contribution in [0.15, 0.2) is 72.8 Å². The molecule has 0 heterocycles. The first-order valence-corrected chi connectivity index (χ1v) is 14.6. The summed E-state index contributed by atoms with van der Waals surface area (Å²) >= 11 is 12.6. The van der Waals surface area contributed by atoms with E-state index in [0.717, 1.165) is 31.2 Å². The highest BCUT2D eigenvalue weighted by Gasteiger charge is 2.17. The van der Waals surface area contributed by atoms with Crippen LogP contribution in [-0.2, 0) is 22.6 Å². The van der Waals surface area contributed by atoms with E-state index in [2.05, 4.69) is 36.6 Å². The molecule has 0 bridgehead atoms. The minimum atomic E-state index is -0.668. The number of Topliss-reactive ketones (excluding diaryl/α,β-unsaturated/α-hetero) is 1. The van der Waals surface area contributed by atoms with Crippen LogP contribution in [0, 0.1) is 5.92 Å². The molecule has 8 heteroatoms. The average Bonchev–Trinajstić information content (AvgIpc) is 2.96. The van der Waals surface area contributed by atoms with E-state index >= 15 is 0 Å². The summed E-state index contributed by atoms with van der Waals surface area (Å²) in [7, 11) is 1.58. The summed E-state index contributed by atoms with van der Waals surface area (Å²) in [4.78, 5) is 25.4. The van der Waals surface area contributed by atoms with E-state index in [9.17, 15) is 9.59 Å². The van der Waals surface area contributed by atoms with Crippen molar-refractivity contribution in [1.82, 2.24) is 5.32 Å². The normalized spacial score (nSPS) is 11.1. The Balaban J connectivity index is 1.50. The zero-order chi connectivity index (χ0) is 29.6. The number of anilines is 2.